The number of benzene rings is 1. The predicted molar refractivity (Wildman–Crippen MR) is 105 cm³/mol. The Morgan fingerprint density at radius 3 is 2.63 bits per heavy atom. The number of ether oxygens (including phenoxy) is 1. The molecular weight excluding hydrogens is 348 g/mol. The van der Waals surface area contributed by atoms with Crippen molar-refractivity contribution in [3.05, 3.63) is 35.5 Å². The van der Waals surface area contributed by atoms with Crippen molar-refractivity contribution in [2.45, 2.75) is 53.0 Å². The summed E-state index contributed by atoms with van der Waals surface area (Å²) in [6.45, 7) is 9.29. The zero-order chi connectivity index (χ0) is 20.0. The van der Waals surface area contributed by atoms with E-state index in [4.69, 9.17) is 4.74 Å². The van der Waals surface area contributed by atoms with E-state index < -0.39 is 5.92 Å². The van der Waals surface area contributed by atoms with Crippen LogP contribution in [-0.4, -0.2) is 35.3 Å². The second kappa shape index (κ2) is 9.31. The number of hydrogen-bond donors (Lipinski definition) is 1. The zero-order valence-corrected chi connectivity index (χ0v) is 17.0. The summed E-state index contributed by atoms with van der Waals surface area (Å²) in [4.78, 5) is 2.21. The van der Waals surface area contributed by atoms with Gasteiger partial charge in [-0.1, -0.05) is 27.2 Å². The van der Waals surface area contributed by atoms with Gasteiger partial charge in [-0.15, -0.1) is 0 Å². The highest BCUT2D eigenvalue weighted by molar-refractivity contribution is 5.66. The van der Waals surface area contributed by atoms with Gasteiger partial charge in [-0.25, -0.2) is 8.78 Å². The number of aromatic amines is 1. The average Bonchev–Trinajstić information content (AvgIpc) is 3.05. The molecular formula is C21H31F2N3O. The Hall–Kier alpha value is -1.95. The van der Waals surface area contributed by atoms with Gasteiger partial charge in [0.15, 0.2) is 0 Å². The number of nitrogens with one attached hydrogen (secondary N) is 1. The van der Waals surface area contributed by atoms with Crippen molar-refractivity contribution in [3.63, 3.8) is 0 Å². The first-order chi connectivity index (χ1) is 12.7. The number of halogens is 2. The molecule has 1 aromatic heterocycles. The van der Waals surface area contributed by atoms with Crippen molar-refractivity contribution in [1.82, 2.24) is 15.1 Å². The fourth-order valence-corrected chi connectivity index (χ4v) is 2.82. The van der Waals surface area contributed by atoms with Crippen molar-refractivity contribution in [1.29, 1.82) is 0 Å². The SMILES string of the molecule is CCCCN(C)Cc1cn[nH]c1-c1cc(OCC(C)C)cc(C(C)(F)F)c1. The molecule has 2 aromatic rings. The van der Waals surface area contributed by atoms with Crippen LogP contribution >= 0.6 is 0 Å². The molecule has 1 N–H and O–H groups in total. The number of nitrogens with zero attached hydrogens (tertiary/aromatic N) is 2. The average molecular weight is 379 g/mol. The monoisotopic (exact) mass is 379 g/mol. The standard InChI is InChI=1S/C21H31F2N3O/c1-6-7-8-26(5)13-17-12-24-25-20(17)16-9-18(21(4,22)23)11-19(10-16)27-14-15(2)3/h9-12,15H,6-8,13-14H2,1-5H3,(H,24,25). The topological polar surface area (TPSA) is 41.2 Å². The second-order valence-corrected chi connectivity index (χ2v) is 7.70. The molecule has 0 saturated carbocycles. The molecule has 0 saturated heterocycles. The van der Waals surface area contributed by atoms with Crippen LogP contribution in [0.3, 0.4) is 0 Å². The van der Waals surface area contributed by atoms with Crippen LogP contribution in [0.25, 0.3) is 11.3 Å². The van der Waals surface area contributed by atoms with Crippen LogP contribution in [0.15, 0.2) is 24.4 Å². The Labute approximate surface area is 160 Å². The molecule has 1 heterocycles. The number of alkyl halides is 2. The number of H-pyrrole nitrogens is 1. The summed E-state index contributed by atoms with van der Waals surface area (Å²) < 4.78 is 33.8. The Kier molecular flexibility index (Phi) is 7.36. The first-order valence-electron chi connectivity index (χ1n) is 9.58. The van der Waals surface area contributed by atoms with Gasteiger partial charge in [0.2, 0.25) is 0 Å². The molecule has 0 atom stereocenters. The third-order valence-corrected chi connectivity index (χ3v) is 4.34. The molecule has 0 fully saturated rings. The lowest BCUT2D eigenvalue weighted by Gasteiger charge is -2.18. The molecule has 1 aromatic carbocycles. The van der Waals surface area contributed by atoms with Crippen molar-refractivity contribution >= 4 is 0 Å². The summed E-state index contributed by atoms with van der Waals surface area (Å²) >= 11 is 0. The van der Waals surface area contributed by atoms with Gasteiger partial charge in [0.25, 0.3) is 5.92 Å². The van der Waals surface area contributed by atoms with E-state index in [9.17, 15) is 8.78 Å². The number of rotatable bonds is 10. The minimum Gasteiger partial charge on any atom is -0.493 e. The molecule has 0 aliphatic carbocycles. The molecule has 2 rings (SSSR count). The van der Waals surface area contributed by atoms with Gasteiger partial charge in [0.1, 0.15) is 5.75 Å². The molecule has 150 valence electrons. The molecule has 0 bridgehead atoms. The van der Waals surface area contributed by atoms with E-state index in [0.717, 1.165) is 37.6 Å². The van der Waals surface area contributed by atoms with E-state index in [1.54, 1.807) is 12.3 Å². The summed E-state index contributed by atoms with van der Waals surface area (Å²) in [6, 6.07) is 4.75. The van der Waals surface area contributed by atoms with E-state index in [1.807, 2.05) is 13.8 Å². The maximum absolute atomic E-state index is 14.0. The van der Waals surface area contributed by atoms with Crippen molar-refractivity contribution < 1.29 is 13.5 Å². The minimum atomic E-state index is -2.94. The number of aromatic nitrogens is 2. The highest BCUT2D eigenvalue weighted by Gasteiger charge is 2.26. The predicted octanol–water partition coefficient (Wildman–Crippen LogP) is 5.46. The van der Waals surface area contributed by atoms with E-state index in [1.165, 1.54) is 12.1 Å². The quantitative estimate of drug-likeness (QED) is 0.596. The van der Waals surface area contributed by atoms with Gasteiger partial charge >= 0.3 is 0 Å². The van der Waals surface area contributed by atoms with Crippen molar-refractivity contribution in [2.75, 3.05) is 20.2 Å². The first kappa shape index (κ1) is 21.4. The third kappa shape index (κ3) is 6.31. The normalized spacial score (nSPS) is 12.2. The number of hydrogen-bond acceptors (Lipinski definition) is 3. The number of unbranched alkanes of at least 4 members (excludes halogenated alkanes) is 1. The molecule has 6 heteroatoms. The van der Waals surface area contributed by atoms with Crippen LogP contribution in [-0.2, 0) is 12.5 Å². The van der Waals surface area contributed by atoms with Crippen molar-refractivity contribution in [2.24, 2.45) is 5.92 Å². The molecule has 4 nitrogen and oxygen atoms in total. The lowest BCUT2D eigenvalue weighted by Crippen LogP contribution is -2.19. The molecule has 0 amide bonds. The molecule has 0 unspecified atom stereocenters. The highest BCUT2D eigenvalue weighted by Crippen LogP contribution is 2.35. The van der Waals surface area contributed by atoms with Crippen molar-refractivity contribution in [3.8, 4) is 17.0 Å². The van der Waals surface area contributed by atoms with Crippen LogP contribution in [0.1, 0.15) is 51.7 Å². The van der Waals surface area contributed by atoms with Gasteiger partial charge in [-0.05, 0) is 44.1 Å². The Bertz CT molecular complexity index is 722. The second-order valence-electron chi connectivity index (χ2n) is 7.70. The molecule has 0 aliphatic heterocycles. The maximum atomic E-state index is 14.0. The van der Waals surface area contributed by atoms with Crippen LogP contribution in [0.5, 0.6) is 5.75 Å². The van der Waals surface area contributed by atoms with Gasteiger partial charge < -0.3 is 9.64 Å². The van der Waals surface area contributed by atoms with E-state index >= 15 is 0 Å². The highest BCUT2D eigenvalue weighted by atomic mass is 19.3. The van der Waals surface area contributed by atoms with Gasteiger partial charge in [-0.2, -0.15) is 5.10 Å². The summed E-state index contributed by atoms with van der Waals surface area (Å²) in [5.74, 6) is -2.17. The third-order valence-electron chi connectivity index (χ3n) is 4.34. The fraction of sp³-hybridized carbons (Fsp3) is 0.571. The smallest absolute Gasteiger partial charge is 0.270 e. The minimum absolute atomic E-state index is 0.0568. The van der Waals surface area contributed by atoms with Gasteiger partial charge in [-0.3, -0.25) is 5.10 Å². The summed E-state index contributed by atoms with van der Waals surface area (Å²) in [5, 5.41) is 7.12. The first-order valence-corrected chi connectivity index (χ1v) is 9.58. The Balaban J connectivity index is 2.34. The van der Waals surface area contributed by atoms with E-state index in [-0.39, 0.29) is 5.56 Å². The fourth-order valence-electron chi connectivity index (χ4n) is 2.82. The molecule has 0 spiro atoms. The van der Waals surface area contributed by atoms with E-state index in [2.05, 4.69) is 29.1 Å². The van der Waals surface area contributed by atoms with Gasteiger partial charge in [0, 0.05) is 30.2 Å². The van der Waals surface area contributed by atoms with E-state index in [0.29, 0.717) is 30.4 Å². The molecule has 27 heavy (non-hydrogen) atoms. The van der Waals surface area contributed by atoms with Gasteiger partial charge in [0.05, 0.1) is 18.5 Å². The largest absolute Gasteiger partial charge is 0.493 e. The van der Waals surface area contributed by atoms with Crippen LogP contribution in [0, 0.1) is 5.92 Å². The molecule has 0 aliphatic rings. The molecule has 0 radical (unpaired) electrons. The van der Waals surface area contributed by atoms with Crippen LogP contribution in [0.4, 0.5) is 8.78 Å². The Morgan fingerprint density at radius 2 is 2.00 bits per heavy atom. The Morgan fingerprint density at radius 1 is 1.26 bits per heavy atom. The zero-order valence-electron chi connectivity index (χ0n) is 17.0. The van der Waals surface area contributed by atoms with Crippen LogP contribution < -0.4 is 4.74 Å². The van der Waals surface area contributed by atoms with Crippen LogP contribution in [0.2, 0.25) is 0 Å². The lowest BCUT2D eigenvalue weighted by molar-refractivity contribution is 0.0172. The maximum Gasteiger partial charge on any atom is 0.270 e. The summed E-state index contributed by atoms with van der Waals surface area (Å²) in [5.41, 5.74) is 2.36. The summed E-state index contributed by atoms with van der Waals surface area (Å²) in [7, 11) is 2.06. The lowest BCUT2D eigenvalue weighted by atomic mass is 10.0. The summed E-state index contributed by atoms with van der Waals surface area (Å²) in [6.07, 6.45) is 4.02.